The molecule has 206 valence electrons. The summed E-state index contributed by atoms with van der Waals surface area (Å²) in [6, 6.07) is 11.6. The van der Waals surface area contributed by atoms with E-state index in [1.807, 2.05) is 48.3 Å². The summed E-state index contributed by atoms with van der Waals surface area (Å²) in [5.74, 6) is 1.25. The molecule has 38 heavy (non-hydrogen) atoms. The first-order valence-corrected chi connectivity index (χ1v) is 13.8. The molecule has 0 spiro atoms. The number of morpholine rings is 1. The number of methoxy groups -OCH3 is 1. The summed E-state index contributed by atoms with van der Waals surface area (Å²) >= 11 is 0. The van der Waals surface area contributed by atoms with E-state index < -0.39 is 0 Å². The van der Waals surface area contributed by atoms with Crippen molar-refractivity contribution in [2.24, 2.45) is 0 Å². The number of anilines is 1. The molecule has 9 heteroatoms. The molecule has 3 aliphatic rings. The molecular formula is C29H40N4O5. The smallest absolute Gasteiger partial charge is 0.255 e. The van der Waals surface area contributed by atoms with Gasteiger partial charge in [0, 0.05) is 44.3 Å². The van der Waals surface area contributed by atoms with Crippen LogP contribution in [0.25, 0.3) is 11.3 Å². The van der Waals surface area contributed by atoms with Gasteiger partial charge in [0.1, 0.15) is 11.6 Å². The van der Waals surface area contributed by atoms with E-state index in [1.165, 1.54) is 12.8 Å². The fourth-order valence-electron chi connectivity index (χ4n) is 5.97. The number of nitrogens with one attached hydrogen (secondary N) is 1. The van der Waals surface area contributed by atoms with E-state index in [-0.39, 0.29) is 17.6 Å². The first-order valence-electron chi connectivity index (χ1n) is 13.8. The van der Waals surface area contributed by atoms with Gasteiger partial charge in [0.2, 0.25) is 0 Å². The SMILES string of the molecule is COc1ccccc1-c1ccc(C(=O)NCC2(N3CCOCC3)CCCC2)c(N(C)CC2COCCO2)n1. The van der Waals surface area contributed by atoms with Gasteiger partial charge < -0.3 is 29.2 Å². The summed E-state index contributed by atoms with van der Waals surface area (Å²) in [4.78, 5) is 23.2. The molecule has 1 aromatic heterocycles. The molecule has 1 amide bonds. The molecule has 1 aliphatic carbocycles. The van der Waals surface area contributed by atoms with Crippen LogP contribution in [0.1, 0.15) is 36.0 Å². The van der Waals surface area contributed by atoms with E-state index in [2.05, 4.69) is 10.2 Å². The first-order chi connectivity index (χ1) is 18.6. The molecule has 1 N–H and O–H groups in total. The number of aromatic nitrogens is 1. The Balaban J connectivity index is 1.40. The van der Waals surface area contributed by atoms with Crippen LogP contribution in [0.2, 0.25) is 0 Å². The lowest BCUT2D eigenvalue weighted by Crippen LogP contribution is -2.57. The summed E-state index contributed by atoms with van der Waals surface area (Å²) in [5, 5.41) is 3.29. The Morgan fingerprint density at radius 1 is 1.11 bits per heavy atom. The molecule has 3 fully saturated rings. The largest absolute Gasteiger partial charge is 0.496 e. The van der Waals surface area contributed by atoms with Crippen molar-refractivity contribution >= 4 is 11.7 Å². The average molecular weight is 525 g/mol. The Bertz CT molecular complexity index is 1080. The van der Waals surface area contributed by atoms with Gasteiger partial charge in [0.25, 0.3) is 5.91 Å². The quantitative estimate of drug-likeness (QED) is 0.536. The van der Waals surface area contributed by atoms with Crippen LogP contribution in [0.5, 0.6) is 5.75 Å². The molecule has 2 aliphatic heterocycles. The number of carbonyl (C=O) groups is 1. The highest BCUT2D eigenvalue weighted by atomic mass is 16.6. The maximum atomic E-state index is 13.7. The highest BCUT2D eigenvalue weighted by Crippen LogP contribution is 2.36. The van der Waals surface area contributed by atoms with E-state index in [4.69, 9.17) is 23.9 Å². The van der Waals surface area contributed by atoms with Crippen LogP contribution >= 0.6 is 0 Å². The number of hydrogen-bond acceptors (Lipinski definition) is 8. The molecule has 1 atom stereocenters. The third-order valence-corrected chi connectivity index (χ3v) is 8.02. The van der Waals surface area contributed by atoms with E-state index in [9.17, 15) is 4.79 Å². The van der Waals surface area contributed by atoms with Crippen LogP contribution in [0.15, 0.2) is 36.4 Å². The highest BCUT2D eigenvalue weighted by molar-refractivity contribution is 5.99. The van der Waals surface area contributed by atoms with E-state index in [0.717, 1.165) is 56.2 Å². The minimum Gasteiger partial charge on any atom is -0.496 e. The minimum absolute atomic E-state index is 0.00353. The lowest BCUT2D eigenvalue weighted by Gasteiger charge is -2.43. The number of hydrogen-bond donors (Lipinski definition) is 1. The zero-order valence-corrected chi connectivity index (χ0v) is 22.6. The van der Waals surface area contributed by atoms with Crippen LogP contribution < -0.4 is 15.0 Å². The third kappa shape index (κ3) is 5.96. The van der Waals surface area contributed by atoms with E-state index in [1.54, 1.807) is 7.11 Å². The molecule has 5 rings (SSSR count). The number of para-hydroxylation sites is 1. The Morgan fingerprint density at radius 2 is 1.89 bits per heavy atom. The average Bonchev–Trinajstić information content (AvgIpc) is 3.47. The Kier molecular flexibility index (Phi) is 8.79. The van der Waals surface area contributed by atoms with Crippen LogP contribution in [-0.2, 0) is 14.2 Å². The van der Waals surface area contributed by atoms with Crippen molar-refractivity contribution in [2.75, 3.05) is 78.3 Å². The number of benzene rings is 1. The van der Waals surface area contributed by atoms with E-state index >= 15 is 0 Å². The standard InChI is InChI=1S/C29H40N4O5/c1-32(19-22-20-37-17-18-38-22)27-24(9-10-25(31-27)23-7-3-4-8-26(23)35-2)28(34)30-21-29(11-5-6-12-29)33-13-15-36-16-14-33/h3-4,7-10,22H,5-6,11-21H2,1-2H3,(H,30,34). The van der Waals surface area contributed by atoms with Crippen LogP contribution in [0.3, 0.4) is 0 Å². The third-order valence-electron chi connectivity index (χ3n) is 8.02. The van der Waals surface area contributed by atoms with Gasteiger partial charge in [0.05, 0.1) is 57.5 Å². The molecule has 2 saturated heterocycles. The Labute approximate surface area is 225 Å². The fourth-order valence-corrected chi connectivity index (χ4v) is 5.97. The first kappa shape index (κ1) is 26.9. The van der Waals surface area contributed by atoms with Crippen molar-refractivity contribution in [3.05, 3.63) is 42.0 Å². The molecule has 1 saturated carbocycles. The summed E-state index contributed by atoms with van der Waals surface area (Å²) in [6.07, 6.45) is 4.51. The van der Waals surface area contributed by atoms with Crippen molar-refractivity contribution in [1.29, 1.82) is 0 Å². The number of amides is 1. The maximum absolute atomic E-state index is 13.7. The number of likely N-dealkylation sites (N-methyl/N-ethyl adjacent to an activating group) is 1. The zero-order valence-electron chi connectivity index (χ0n) is 22.6. The monoisotopic (exact) mass is 524 g/mol. The van der Waals surface area contributed by atoms with Gasteiger partial charge in [-0.2, -0.15) is 0 Å². The lowest BCUT2D eigenvalue weighted by atomic mass is 9.94. The molecule has 3 heterocycles. The molecule has 0 radical (unpaired) electrons. The van der Waals surface area contributed by atoms with Crippen molar-refractivity contribution in [3.63, 3.8) is 0 Å². The summed E-state index contributed by atoms with van der Waals surface area (Å²) in [6.45, 7) is 6.26. The maximum Gasteiger partial charge on any atom is 0.255 e. The van der Waals surface area contributed by atoms with Crippen molar-refractivity contribution < 1.29 is 23.7 Å². The minimum atomic E-state index is -0.105. The Hall–Kier alpha value is -2.72. The molecule has 9 nitrogen and oxygen atoms in total. The number of ether oxygens (including phenoxy) is 4. The Morgan fingerprint density at radius 3 is 2.63 bits per heavy atom. The van der Waals surface area contributed by atoms with Crippen LogP contribution in [0.4, 0.5) is 5.82 Å². The van der Waals surface area contributed by atoms with Gasteiger partial charge in [-0.15, -0.1) is 0 Å². The lowest BCUT2D eigenvalue weighted by molar-refractivity contribution is -0.0837. The number of nitrogens with zero attached hydrogens (tertiary/aromatic N) is 3. The van der Waals surface area contributed by atoms with Gasteiger partial charge in [-0.1, -0.05) is 25.0 Å². The normalized spacial score (nSPS) is 21.7. The van der Waals surface area contributed by atoms with Crippen LogP contribution in [-0.4, -0.2) is 101 Å². The van der Waals surface area contributed by atoms with Gasteiger partial charge in [0.15, 0.2) is 0 Å². The summed E-state index contributed by atoms with van der Waals surface area (Å²) < 4.78 is 22.7. The molecular weight excluding hydrogens is 484 g/mol. The predicted octanol–water partition coefficient (Wildman–Crippen LogP) is 2.98. The summed E-state index contributed by atoms with van der Waals surface area (Å²) in [7, 11) is 3.61. The number of carbonyl (C=O) groups excluding carboxylic acids is 1. The number of rotatable bonds is 9. The van der Waals surface area contributed by atoms with Gasteiger partial charge >= 0.3 is 0 Å². The topological polar surface area (TPSA) is 85.4 Å². The number of pyridine rings is 1. The zero-order chi connectivity index (χ0) is 26.4. The second-order valence-corrected chi connectivity index (χ2v) is 10.4. The van der Waals surface area contributed by atoms with Crippen molar-refractivity contribution in [3.8, 4) is 17.0 Å². The molecule has 0 bridgehead atoms. The second-order valence-electron chi connectivity index (χ2n) is 10.4. The fraction of sp³-hybridized carbons (Fsp3) is 0.586. The van der Waals surface area contributed by atoms with Crippen LogP contribution in [0, 0.1) is 0 Å². The molecule has 1 unspecified atom stereocenters. The highest BCUT2D eigenvalue weighted by Gasteiger charge is 2.40. The molecule has 1 aromatic carbocycles. The van der Waals surface area contributed by atoms with Crippen molar-refractivity contribution in [1.82, 2.24) is 15.2 Å². The molecule has 2 aromatic rings. The van der Waals surface area contributed by atoms with Crippen molar-refractivity contribution in [2.45, 2.75) is 37.3 Å². The summed E-state index contributed by atoms with van der Waals surface area (Å²) in [5.41, 5.74) is 2.19. The van der Waals surface area contributed by atoms with E-state index in [0.29, 0.717) is 44.3 Å². The van der Waals surface area contributed by atoms with Gasteiger partial charge in [-0.3, -0.25) is 9.69 Å². The van der Waals surface area contributed by atoms with Gasteiger partial charge in [-0.05, 0) is 37.1 Å². The van der Waals surface area contributed by atoms with Gasteiger partial charge in [-0.25, -0.2) is 4.98 Å². The second kappa shape index (κ2) is 12.4. The predicted molar refractivity (Wildman–Crippen MR) is 146 cm³/mol.